The molecule has 0 radical (unpaired) electrons. The van der Waals surface area contributed by atoms with Gasteiger partial charge in [0.1, 0.15) is 0 Å². The van der Waals surface area contributed by atoms with Gasteiger partial charge in [0.2, 0.25) is 0 Å². The van der Waals surface area contributed by atoms with Crippen LogP contribution >= 0.6 is 11.6 Å². The Morgan fingerprint density at radius 2 is 2.29 bits per heavy atom. The number of aliphatic hydroxyl groups is 1. The second kappa shape index (κ2) is 5.48. The zero-order valence-electron chi connectivity index (χ0n) is 7.63. The molecule has 0 saturated heterocycles. The first-order valence-corrected chi connectivity index (χ1v) is 4.70. The largest absolute Gasteiger partial charge is 0.396 e. The molecule has 74 valence electrons. The van der Waals surface area contributed by atoms with E-state index in [-0.39, 0.29) is 6.61 Å². The van der Waals surface area contributed by atoms with Gasteiger partial charge in [-0.25, -0.2) is 0 Å². The van der Waals surface area contributed by atoms with Crippen LogP contribution in [0.15, 0.2) is 18.2 Å². The van der Waals surface area contributed by atoms with Crippen LogP contribution in [0.2, 0.25) is 5.02 Å². The monoisotopic (exact) mass is 210 g/mol. The lowest BCUT2D eigenvalue weighted by Crippen LogP contribution is -2.03. The van der Waals surface area contributed by atoms with Crippen LogP contribution in [0.3, 0.4) is 0 Å². The minimum Gasteiger partial charge on any atom is -0.396 e. The molecule has 1 aromatic rings. The van der Waals surface area contributed by atoms with Crippen LogP contribution in [-0.4, -0.2) is 18.3 Å². The number of nitrogens with one attached hydrogen (secondary N) is 1. The van der Waals surface area contributed by atoms with Gasteiger partial charge in [0.25, 0.3) is 0 Å². The van der Waals surface area contributed by atoms with Crippen molar-refractivity contribution in [3.63, 3.8) is 0 Å². The highest BCUT2D eigenvalue weighted by molar-refractivity contribution is 6.33. The first kappa shape index (κ1) is 10.8. The molecule has 0 bridgehead atoms. The third-order valence-corrected chi connectivity index (χ3v) is 2.06. The standard InChI is InChI=1S/C10H11ClN2O/c11-9-6-8(7-12)2-3-10(9)13-4-1-5-14/h2-3,6,13-14H,1,4-5H2. The Morgan fingerprint density at radius 1 is 1.50 bits per heavy atom. The molecule has 0 fully saturated rings. The maximum absolute atomic E-state index is 8.60. The van der Waals surface area contributed by atoms with Crippen molar-refractivity contribution in [1.29, 1.82) is 5.26 Å². The molecule has 1 aromatic carbocycles. The van der Waals surface area contributed by atoms with Gasteiger partial charge in [-0.05, 0) is 24.6 Å². The molecule has 4 heteroatoms. The highest BCUT2D eigenvalue weighted by Crippen LogP contribution is 2.22. The fourth-order valence-electron chi connectivity index (χ4n) is 1.03. The van der Waals surface area contributed by atoms with Crippen molar-refractivity contribution < 1.29 is 5.11 Å². The molecule has 0 spiro atoms. The average molecular weight is 211 g/mol. The lowest BCUT2D eigenvalue weighted by Gasteiger charge is -2.06. The summed E-state index contributed by atoms with van der Waals surface area (Å²) in [5, 5.41) is 20.8. The highest BCUT2D eigenvalue weighted by atomic mass is 35.5. The second-order valence-electron chi connectivity index (χ2n) is 2.81. The van der Waals surface area contributed by atoms with Crippen molar-refractivity contribution in [2.24, 2.45) is 0 Å². The third-order valence-electron chi connectivity index (χ3n) is 1.75. The summed E-state index contributed by atoms with van der Waals surface area (Å²) in [6.45, 7) is 0.822. The zero-order chi connectivity index (χ0) is 10.4. The minimum absolute atomic E-state index is 0.154. The fourth-order valence-corrected chi connectivity index (χ4v) is 1.28. The Labute approximate surface area is 87.9 Å². The summed E-state index contributed by atoms with van der Waals surface area (Å²) in [5.41, 5.74) is 1.34. The van der Waals surface area contributed by atoms with Gasteiger partial charge in [0.15, 0.2) is 0 Å². The van der Waals surface area contributed by atoms with Gasteiger partial charge in [0.05, 0.1) is 22.3 Å². The number of rotatable bonds is 4. The number of benzene rings is 1. The maximum Gasteiger partial charge on any atom is 0.0992 e. The van der Waals surface area contributed by atoms with Crippen molar-refractivity contribution in [3.05, 3.63) is 28.8 Å². The third kappa shape index (κ3) is 2.91. The number of halogens is 1. The molecule has 0 amide bonds. The molecular formula is C10H11ClN2O. The first-order chi connectivity index (χ1) is 6.77. The topological polar surface area (TPSA) is 56.0 Å². The van der Waals surface area contributed by atoms with E-state index in [0.29, 0.717) is 23.6 Å². The summed E-state index contributed by atoms with van der Waals surface area (Å²) in [6.07, 6.45) is 0.677. The molecule has 14 heavy (non-hydrogen) atoms. The van der Waals surface area contributed by atoms with Crippen LogP contribution in [0.1, 0.15) is 12.0 Å². The van der Waals surface area contributed by atoms with E-state index in [1.807, 2.05) is 6.07 Å². The number of nitrogens with zero attached hydrogens (tertiary/aromatic N) is 1. The summed E-state index contributed by atoms with van der Waals surface area (Å²) in [4.78, 5) is 0. The molecule has 0 aliphatic rings. The maximum atomic E-state index is 8.60. The van der Waals surface area contributed by atoms with Crippen LogP contribution in [0.4, 0.5) is 5.69 Å². The Kier molecular flexibility index (Phi) is 4.24. The van der Waals surface area contributed by atoms with Crippen LogP contribution in [-0.2, 0) is 0 Å². The Morgan fingerprint density at radius 3 is 2.86 bits per heavy atom. The first-order valence-electron chi connectivity index (χ1n) is 4.32. The van der Waals surface area contributed by atoms with Gasteiger partial charge >= 0.3 is 0 Å². The SMILES string of the molecule is N#Cc1ccc(NCCCO)c(Cl)c1. The minimum atomic E-state index is 0.154. The highest BCUT2D eigenvalue weighted by Gasteiger charge is 2.00. The molecule has 2 N–H and O–H groups in total. The normalized spacial score (nSPS) is 9.50. The molecule has 0 heterocycles. The molecule has 3 nitrogen and oxygen atoms in total. The fraction of sp³-hybridized carbons (Fsp3) is 0.300. The number of hydrogen-bond donors (Lipinski definition) is 2. The number of aliphatic hydroxyl groups excluding tert-OH is 1. The van der Waals surface area contributed by atoms with Gasteiger partial charge in [-0.2, -0.15) is 5.26 Å². The van der Waals surface area contributed by atoms with E-state index in [1.165, 1.54) is 0 Å². The Hall–Kier alpha value is -1.24. The van der Waals surface area contributed by atoms with Crippen molar-refractivity contribution in [2.45, 2.75) is 6.42 Å². The zero-order valence-corrected chi connectivity index (χ0v) is 8.38. The van der Waals surface area contributed by atoms with Gasteiger partial charge in [-0.3, -0.25) is 0 Å². The number of anilines is 1. The van der Waals surface area contributed by atoms with E-state index in [4.69, 9.17) is 22.0 Å². The summed E-state index contributed by atoms with van der Waals surface area (Å²) >= 11 is 5.91. The summed E-state index contributed by atoms with van der Waals surface area (Å²) < 4.78 is 0. The van der Waals surface area contributed by atoms with Crippen molar-refractivity contribution in [3.8, 4) is 6.07 Å². The van der Waals surface area contributed by atoms with Gasteiger partial charge in [-0.15, -0.1) is 0 Å². The molecular weight excluding hydrogens is 200 g/mol. The van der Waals surface area contributed by atoms with Gasteiger partial charge < -0.3 is 10.4 Å². The van der Waals surface area contributed by atoms with Crippen molar-refractivity contribution >= 4 is 17.3 Å². The lowest BCUT2D eigenvalue weighted by molar-refractivity contribution is 0.292. The van der Waals surface area contributed by atoms with E-state index >= 15 is 0 Å². The van der Waals surface area contributed by atoms with Crippen molar-refractivity contribution in [1.82, 2.24) is 0 Å². The predicted octanol–water partition coefficient (Wildman–Crippen LogP) is 2.01. The molecule has 0 aromatic heterocycles. The predicted molar refractivity (Wildman–Crippen MR) is 56.4 cm³/mol. The van der Waals surface area contributed by atoms with E-state index in [0.717, 1.165) is 5.69 Å². The summed E-state index contributed by atoms with van der Waals surface area (Å²) in [5.74, 6) is 0. The van der Waals surface area contributed by atoms with E-state index in [1.54, 1.807) is 18.2 Å². The molecule has 0 saturated carbocycles. The average Bonchev–Trinajstić information content (AvgIpc) is 2.20. The summed E-state index contributed by atoms with van der Waals surface area (Å²) in [6, 6.07) is 7.09. The Balaban J connectivity index is 2.65. The smallest absolute Gasteiger partial charge is 0.0992 e. The van der Waals surface area contributed by atoms with Crippen LogP contribution in [0, 0.1) is 11.3 Å². The number of hydrogen-bond acceptors (Lipinski definition) is 3. The summed E-state index contributed by atoms with van der Waals surface area (Å²) in [7, 11) is 0. The molecule has 0 atom stereocenters. The molecule has 0 aliphatic heterocycles. The van der Waals surface area contributed by atoms with Crippen LogP contribution in [0.25, 0.3) is 0 Å². The van der Waals surface area contributed by atoms with Gasteiger partial charge in [-0.1, -0.05) is 11.6 Å². The van der Waals surface area contributed by atoms with E-state index < -0.39 is 0 Å². The second-order valence-corrected chi connectivity index (χ2v) is 3.22. The van der Waals surface area contributed by atoms with Crippen molar-refractivity contribution in [2.75, 3.05) is 18.5 Å². The van der Waals surface area contributed by atoms with Crippen LogP contribution in [0.5, 0.6) is 0 Å². The molecule has 0 unspecified atom stereocenters. The molecule has 1 rings (SSSR count). The van der Waals surface area contributed by atoms with Gasteiger partial charge in [0, 0.05) is 13.2 Å². The van der Waals surface area contributed by atoms with E-state index in [2.05, 4.69) is 5.32 Å². The lowest BCUT2D eigenvalue weighted by atomic mass is 10.2. The van der Waals surface area contributed by atoms with Crippen LogP contribution < -0.4 is 5.32 Å². The molecule has 0 aliphatic carbocycles. The number of nitriles is 1. The quantitative estimate of drug-likeness (QED) is 0.748. The Bertz CT molecular complexity index is 346. The van der Waals surface area contributed by atoms with E-state index in [9.17, 15) is 0 Å².